The summed E-state index contributed by atoms with van der Waals surface area (Å²) < 4.78 is 18.6. The van der Waals surface area contributed by atoms with Gasteiger partial charge < -0.3 is 24.2 Å². The Kier molecular flexibility index (Phi) is 10.4. The Labute approximate surface area is 305 Å². The molecule has 6 rings (SSSR count). The first kappa shape index (κ1) is 37.0. The van der Waals surface area contributed by atoms with Gasteiger partial charge in [0.25, 0.3) is 0 Å². The zero-order valence-electron chi connectivity index (χ0n) is 30.6. The molecule has 0 unspecified atom stereocenters. The molecule has 4 aliphatic carbocycles. The van der Waals surface area contributed by atoms with Crippen molar-refractivity contribution in [2.45, 2.75) is 125 Å². The molecule has 9 heteroatoms. The highest BCUT2D eigenvalue weighted by atomic mass is 79.9. The van der Waals surface area contributed by atoms with Crippen LogP contribution in [0.4, 0.5) is 0 Å². The average molecular weight is 753 g/mol. The molecule has 0 amide bonds. The lowest BCUT2D eigenvalue weighted by Crippen LogP contribution is -2.65. The van der Waals surface area contributed by atoms with Gasteiger partial charge in [-0.1, -0.05) is 72.6 Å². The van der Waals surface area contributed by atoms with E-state index in [1.54, 1.807) is 6.07 Å². The molecule has 0 bridgehead atoms. The smallest absolute Gasteiger partial charge is 0.334 e. The number of ether oxygens (including phenoxy) is 2. The molecule has 8 nitrogen and oxygen atoms in total. The van der Waals surface area contributed by atoms with E-state index in [0.29, 0.717) is 48.6 Å². The second kappa shape index (κ2) is 14.0. The van der Waals surface area contributed by atoms with Gasteiger partial charge in [0.1, 0.15) is 11.8 Å². The summed E-state index contributed by atoms with van der Waals surface area (Å²) >= 11 is 3.46. The molecule has 1 aromatic carbocycles. The van der Waals surface area contributed by atoms with Gasteiger partial charge in [-0.15, -0.1) is 0 Å². The number of hydrogen-bond acceptors (Lipinski definition) is 8. The Morgan fingerprint density at radius 2 is 1.76 bits per heavy atom. The van der Waals surface area contributed by atoms with E-state index < -0.39 is 18.2 Å². The minimum Gasteiger partial charge on any atom is -0.458 e. The van der Waals surface area contributed by atoms with Crippen molar-refractivity contribution in [3.63, 3.8) is 0 Å². The van der Waals surface area contributed by atoms with Crippen LogP contribution in [-0.4, -0.2) is 45.6 Å². The molecule has 10 atom stereocenters. The molecule has 2 aromatic rings. The van der Waals surface area contributed by atoms with Crippen LogP contribution in [0, 0.1) is 39.9 Å². The summed E-state index contributed by atoms with van der Waals surface area (Å²) in [6.45, 7) is 14.6. The maximum atomic E-state index is 14.3. The maximum Gasteiger partial charge on any atom is 0.334 e. The molecule has 4 saturated carbocycles. The van der Waals surface area contributed by atoms with Gasteiger partial charge in [0.05, 0.1) is 12.2 Å². The van der Waals surface area contributed by atoms with Crippen molar-refractivity contribution in [2.75, 3.05) is 0 Å². The van der Waals surface area contributed by atoms with Crippen molar-refractivity contribution in [3.05, 3.63) is 63.4 Å². The Hall–Kier alpha value is -2.75. The molecule has 272 valence electrons. The minimum atomic E-state index is -0.597. The summed E-state index contributed by atoms with van der Waals surface area (Å²) in [6, 6.07) is 9.51. The topological polar surface area (TPSA) is 119 Å². The molecule has 50 heavy (non-hydrogen) atoms. The molecule has 4 aliphatic rings. The van der Waals surface area contributed by atoms with Crippen molar-refractivity contribution in [3.8, 4) is 11.3 Å². The van der Waals surface area contributed by atoms with Crippen molar-refractivity contribution >= 4 is 27.9 Å². The number of fused-ring (bicyclic) bond motifs is 5. The van der Waals surface area contributed by atoms with Crippen LogP contribution in [0.25, 0.3) is 11.3 Å². The molecule has 1 heterocycles. The molecule has 0 spiro atoms. The Morgan fingerprint density at radius 1 is 1.04 bits per heavy atom. The largest absolute Gasteiger partial charge is 0.458 e. The fraction of sp³-hybridized carbons (Fsp3) is 0.634. The zero-order valence-corrected chi connectivity index (χ0v) is 32.2. The molecule has 2 N–H and O–H groups in total. The lowest BCUT2D eigenvalue weighted by molar-refractivity contribution is -0.234. The summed E-state index contributed by atoms with van der Waals surface area (Å²) in [6.07, 6.45) is 6.24. The van der Waals surface area contributed by atoms with Crippen LogP contribution in [0.2, 0.25) is 0 Å². The van der Waals surface area contributed by atoms with Crippen LogP contribution in [0.1, 0.15) is 106 Å². The van der Waals surface area contributed by atoms with Crippen molar-refractivity contribution in [2.24, 2.45) is 39.9 Å². The number of esters is 2. The van der Waals surface area contributed by atoms with Crippen molar-refractivity contribution in [1.82, 2.24) is 5.16 Å². The predicted molar refractivity (Wildman–Crippen MR) is 194 cm³/mol. The van der Waals surface area contributed by atoms with Gasteiger partial charge in [-0.3, -0.25) is 4.79 Å². The minimum absolute atomic E-state index is 0.0229. The first-order valence-corrected chi connectivity index (χ1v) is 19.2. The fourth-order valence-electron chi connectivity index (χ4n) is 11.1. The fourth-order valence-corrected chi connectivity index (χ4v) is 11.4. The zero-order chi connectivity index (χ0) is 36.2. The number of aliphatic hydroxyl groups is 2. The molecular formula is C41H54BrNO7. The lowest BCUT2D eigenvalue weighted by Gasteiger charge is -2.69. The summed E-state index contributed by atoms with van der Waals surface area (Å²) in [4.78, 5) is 26.9. The summed E-state index contributed by atoms with van der Waals surface area (Å²) in [5.74, 6) is -0.0592. The predicted octanol–water partition coefficient (Wildman–Crippen LogP) is 8.74. The van der Waals surface area contributed by atoms with Gasteiger partial charge in [-0.2, -0.15) is 0 Å². The number of carbonyl (C=O) groups excluding carboxylic acids is 2. The number of aromatic nitrogens is 1. The second-order valence-corrected chi connectivity index (χ2v) is 17.5. The van der Waals surface area contributed by atoms with Crippen LogP contribution in [0.15, 0.2) is 62.1 Å². The van der Waals surface area contributed by atoms with E-state index in [4.69, 9.17) is 14.0 Å². The Morgan fingerprint density at radius 3 is 2.44 bits per heavy atom. The van der Waals surface area contributed by atoms with Gasteiger partial charge in [-0.05, 0) is 123 Å². The van der Waals surface area contributed by atoms with Crippen molar-refractivity contribution < 1.29 is 33.8 Å². The maximum absolute atomic E-state index is 14.3. The molecular weight excluding hydrogens is 698 g/mol. The van der Waals surface area contributed by atoms with Gasteiger partial charge in [-0.25, -0.2) is 4.79 Å². The molecule has 4 fully saturated rings. The normalized spacial score (nSPS) is 37.2. The van der Waals surface area contributed by atoms with Crippen LogP contribution in [0.3, 0.4) is 0 Å². The molecule has 0 saturated heterocycles. The van der Waals surface area contributed by atoms with E-state index >= 15 is 0 Å². The highest BCUT2D eigenvalue weighted by Gasteiger charge is 2.70. The number of halogens is 1. The van der Waals surface area contributed by atoms with E-state index in [1.807, 2.05) is 38.1 Å². The Balaban J connectivity index is 1.36. The first-order chi connectivity index (χ1) is 23.6. The van der Waals surface area contributed by atoms with E-state index in [0.717, 1.165) is 46.9 Å². The first-order valence-electron chi connectivity index (χ1n) is 18.4. The highest BCUT2D eigenvalue weighted by Crippen LogP contribution is 2.74. The van der Waals surface area contributed by atoms with Crippen LogP contribution < -0.4 is 0 Å². The van der Waals surface area contributed by atoms with Gasteiger partial charge in [0, 0.05) is 28.6 Å². The number of aliphatic hydroxyl groups excluding tert-OH is 2. The monoisotopic (exact) mass is 751 g/mol. The third-order valence-electron chi connectivity index (χ3n) is 13.6. The lowest BCUT2D eigenvalue weighted by atomic mass is 9.36. The second-order valence-electron chi connectivity index (χ2n) is 16.6. The average Bonchev–Trinajstić information content (AvgIpc) is 3.63. The van der Waals surface area contributed by atoms with Gasteiger partial charge in [0.15, 0.2) is 12.4 Å². The quantitative estimate of drug-likeness (QED) is 0.156. The van der Waals surface area contributed by atoms with Crippen LogP contribution >= 0.6 is 15.9 Å². The van der Waals surface area contributed by atoms with Crippen LogP contribution in [0.5, 0.6) is 0 Å². The number of nitrogens with zero attached hydrogens (tertiary/aromatic N) is 1. The summed E-state index contributed by atoms with van der Waals surface area (Å²) in [5.41, 5.74) is 3.28. The SMILES string of the molecule is CC(=O)O[C@H]1C[C@@]2(C)[C@@H](C[C@@H](O)[C@H]3[C@@]4(C)CC[C@@H](O)[C@@H](C)[C@@H]4CC[C@@]32C)/C1=C(\CCC=C(C)C)C(=O)OCc1cc(-c2ccc(Br)cc2)no1. The highest BCUT2D eigenvalue weighted by molar-refractivity contribution is 9.10. The van der Waals surface area contributed by atoms with E-state index in [-0.39, 0.29) is 52.7 Å². The van der Waals surface area contributed by atoms with E-state index in [9.17, 15) is 19.8 Å². The summed E-state index contributed by atoms with van der Waals surface area (Å²) in [7, 11) is 0. The third-order valence-corrected chi connectivity index (χ3v) is 14.1. The molecule has 0 radical (unpaired) electrons. The van der Waals surface area contributed by atoms with E-state index in [1.165, 1.54) is 6.92 Å². The van der Waals surface area contributed by atoms with Crippen LogP contribution in [-0.2, 0) is 25.7 Å². The third kappa shape index (κ3) is 6.44. The number of hydrogen-bond donors (Lipinski definition) is 2. The molecule has 0 aliphatic heterocycles. The van der Waals surface area contributed by atoms with Gasteiger partial charge >= 0.3 is 11.9 Å². The number of benzene rings is 1. The Bertz CT molecular complexity index is 1660. The van der Waals surface area contributed by atoms with E-state index in [2.05, 4.69) is 54.9 Å². The number of carbonyl (C=O) groups is 2. The van der Waals surface area contributed by atoms with Crippen molar-refractivity contribution in [1.29, 1.82) is 0 Å². The summed E-state index contributed by atoms with van der Waals surface area (Å²) in [5, 5.41) is 27.3. The number of rotatable bonds is 8. The standard InChI is InChI=1S/C41H54BrNO7/c1-23(2)9-8-10-29(38(47)48-22-28-19-32(43-50-28)26-11-13-27(42)14-12-26)36-31-20-34(46)37-39(5)17-16-33(45)24(3)30(39)15-18-40(37,6)41(31,7)21-35(36)49-25(4)44/h9,11-14,19,24,30-31,33-35,37,45-46H,8,10,15-18,20-22H2,1-7H3/b36-29-/t24-,30-,31-,33+,34+,35-,37-,39-,40-,41-/m0/s1. The van der Waals surface area contributed by atoms with Gasteiger partial charge in [0.2, 0.25) is 0 Å². The molecule has 1 aromatic heterocycles. The number of allylic oxidation sites excluding steroid dienone is 2.